The highest BCUT2D eigenvalue weighted by Gasteiger charge is 2.07. The molecule has 3 nitrogen and oxygen atoms in total. The van der Waals surface area contributed by atoms with Gasteiger partial charge in [0.15, 0.2) is 0 Å². The first-order valence-corrected chi connectivity index (χ1v) is 6.95. The number of nitrogens with one attached hydrogen (secondary N) is 2. The fraction of sp³-hybridized carbons (Fsp3) is 0.750. The zero-order valence-corrected chi connectivity index (χ0v) is 11.3. The van der Waals surface area contributed by atoms with Crippen molar-refractivity contribution in [1.82, 2.24) is 15.6 Å². The molecule has 1 aromatic heterocycles. The molecule has 0 amide bonds. The van der Waals surface area contributed by atoms with Gasteiger partial charge in [-0.2, -0.15) is 0 Å². The summed E-state index contributed by atoms with van der Waals surface area (Å²) in [5, 5.41) is 10.2. The van der Waals surface area contributed by atoms with Gasteiger partial charge in [-0.25, -0.2) is 4.98 Å². The van der Waals surface area contributed by atoms with Gasteiger partial charge in [-0.3, -0.25) is 0 Å². The summed E-state index contributed by atoms with van der Waals surface area (Å²) in [6.45, 7) is 9.75. The fourth-order valence-corrected chi connectivity index (χ4v) is 2.35. The van der Waals surface area contributed by atoms with Crippen LogP contribution in [0.3, 0.4) is 0 Å². The molecule has 0 aromatic carbocycles. The van der Waals surface area contributed by atoms with E-state index in [2.05, 4.69) is 36.4 Å². The second-order valence-electron chi connectivity index (χ2n) is 4.22. The van der Waals surface area contributed by atoms with Crippen LogP contribution in [0.2, 0.25) is 0 Å². The Morgan fingerprint density at radius 2 is 2.25 bits per heavy atom. The maximum absolute atomic E-state index is 4.33. The average Bonchev–Trinajstić information content (AvgIpc) is 2.78. The third-order valence-electron chi connectivity index (χ3n) is 2.63. The molecule has 4 heteroatoms. The lowest BCUT2D eigenvalue weighted by Gasteiger charge is -2.14. The standard InChI is InChI=1S/C12H23N3S/c1-4-14-11(3)5-6-13-9-10(2)12-15-7-8-16-12/h7-8,10-11,13-14H,4-6,9H2,1-3H3. The van der Waals surface area contributed by atoms with Crippen LogP contribution in [0.25, 0.3) is 0 Å². The van der Waals surface area contributed by atoms with Crippen molar-refractivity contribution in [3.05, 3.63) is 16.6 Å². The molecule has 0 fully saturated rings. The maximum atomic E-state index is 4.33. The SMILES string of the molecule is CCNC(C)CCNCC(C)c1nccs1. The van der Waals surface area contributed by atoms with Crippen LogP contribution in [0, 0.1) is 0 Å². The normalized spacial score (nSPS) is 14.9. The van der Waals surface area contributed by atoms with E-state index in [1.165, 1.54) is 11.4 Å². The van der Waals surface area contributed by atoms with Gasteiger partial charge in [0, 0.05) is 30.1 Å². The molecule has 2 unspecified atom stereocenters. The summed E-state index contributed by atoms with van der Waals surface area (Å²) in [6, 6.07) is 0.604. The van der Waals surface area contributed by atoms with Crippen molar-refractivity contribution in [3.63, 3.8) is 0 Å². The van der Waals surface area contributed by atoms with E-state index in [1.54, 1.807) is 11.3 Å². The van der Waals surface area contributed by atoms with Crippen molar-refractivity contribution in [2.75, 3.05) is 19.6 Å². The minimum atomic E-state index is 0.523. The lowest BCUT2D eigenvalue weighted by molar-refractivity contribution is 0.496. The van der Waals surface area contributed by atoms with E-state index in [0.29, 0.717) is 12.0 Å². The monoisotopic (exact) mass is 241 g/mol. The zero-order valence-electron chi connectivity index (χ0n) is 10.5. The molecule has 0 radical (unpaired) electrons. The van der Waals surface area contributed by atoms with Gasteiger partial charge < -0.3 is 10.6 Å². The summed E-state index contributed by atoms with van der Waals surface area (Å²) < 4.78 is 0. The highest BCUT2D eigenvalue weighted by atomic mass is 32.1. The molecule has 0 saturated heterocycles. The average molecular weight is 241 g/mol. The van der Waals surface area contributed by atoms with Gasteiger partial charge in [-0.15, -0.1) is 11.3 Å². The summed E-state index contributed by atoms with van der Waals surface area (Å²) in [4.78, 5) is 4.33. The topological polar surface area (TPSA) is 37.0 Å². The molecule has 0 saturated carbocycles. The van der Waals surface area contributed by atoms with E-state index in [9.17, 15) is 0 Å². The van der Waals surface area contributed by atoms with Crippen molar-refractivity contribution >= 4 is 11.3 Å². The number of hydrogen-bond acceptors (Lipinski definition) is 4. The Hall–Kier alpha value is -0.450. The molecular weight excluding hydrogens is 218 g/mol. The third-order valence-corrected chi connectivity index (χ3v) is 3.64. The van der Waals surface area contributed by atoms with Gasteiger partial charge in [0.05, 0.1) is 5.01 Å². The molecule has 1 aromatic rings. The molecule has 2 N–H and O–H groups in total. The maximum Gasteiger partial charge on any atom is 0.0965 e. The van der Waals surface area contributed by atoms with Gasteiger partial charge in [0.25, 0.3) is 0 Å². The van der Waals surface area contributed by atoms with Crippen LogP contribution >= 0.6 is 11.3 Å². The third kappa shape index (κ3) is 5.05. The molecule has 0 aliphatic carbocycles. The number of rotatable bonds is 8. The highest BCUT2D eigenvalue weighted by Crippen LogP contribution is 2.16. The molecule has 2 atom stereocenters. The number of thiazole rings is 1. The van der Waals surface area contributed by atoms with Gasteiger partial charge in [-0.05, 0) is 26.4 Å². The molecule has 92 valence electrons. The van der Waals surface area contributed by atoms with E-state index in [0.717, 1.165) is 19.6 Å². The Labute approximate surface area is 103 Å². The van der Waals surface area contributed by atoms with Crippen molar-refractivity contribution in [2.24, 2.45) is 0 Å². The minimum Gasteiger partial charge on any atom is -0.316 e. The second-order valence-corrected chi connectivity index (χ2v) is 5.15. The van der Waals surface area contributed by atoms with Crippen LogP contribution in [-0.4, -0.2) is 30.7 Å². The van der Waals surface area contributed by atoms with E-state index >= 15 is 0 Å². The van der Waals surface area contributed by atoms with Crippen molar-refractivity contribution < 1.29 is 0 Å². The van der Waals surface area contributed by atoms with Crippen molar-refractivity contribution in [3.8, 4) is 0 Å². The number of hydrogen-bond donors (Lipinski definition) is 2. The quantitative estimate of drug-likeness (QED) is 0.685. The lowest BCUT2D eigenvalue weighted by atomic mass is 10.2. The molecule has 0 aliphatic rings. The zero-order chi connectivity index (χ0) is 11.8. The largest absolute Gasteiger partial charge is 0.316 e. The van der Waals surface area contributed by atoms with Crippen LogP contribution in [-0.2, 0) is 0 Å². The van der Waals surface area contributed by atoms with Gasteiger partial charge >= 0.3 is 0 Å². The van der Waals surface area contributed by atoms with Crippen LogP contribution in [0.15, 0.2) is 11.6 Å². The minimum absolute atomic E-state index is 0.523. The first-order valence-electron chi connectivity index (χ1n) is 6.07. The summed E-state index contributed by atoms with van der Waals surface area (Å²) in [7, 11) is 0. The Morgan fingerprint density at radius 1 is 1.44 bits per heavy atom. The predicted molar refractivity (Wildman–Crippen MR) is 71.2 cm³/mol. The first kappa shape index (κ1) is 13.6. The molecule has 1 heterocycles. The van der Waals surface area contributed by atoms with E-state index in [4.69, 9.17) is 0 Å². The van der Waals surface area contributed by atoms with Gasteiger partial charge in [0.2, 0.25) is 0 Å². The molecule has 1 rings (SSSR count). The van der Waals surface area contributed by atoms with Crippen LogP contribution < -0.4 is 10.6 Å². The fourth-order valence-electron chi connectivity index (χ4n) is 1.65. The smallest absolute Gasteiger partial charge is 0.0965 e. The highest BCUT2D eigenvalue weighted by molar-refractivity contribution is 7.09. The summed E-state index contributed by atoms with van der Waals surface area (Å²) in [6.07, 6.45) is 3.06. The molecule has 16 heavy (non-hydrogen) atoms. The van der Waals surface area contributed by atoms with Crippen LogP contribution in [0.5, 0.6) is 0 Å². The van der Waals surface area contributed by atoms with E-state index < -0.39 is 0 Å². The van der Waals surface area contributed by atoms with Gasteiger partial charge in [0.1, 0.15) is 0 Å². The van der Waals surface area contributed by atoms with Gasteiger partial charge in [-0.1, -0.05) is 13.8 Å². The van der Waals surface area contributed by atoms with E-state index in [-0.39, 0.29) is 0 Å². The lowest BCUT2D eigenvalue weighted by Crippen LogP contribution is -2.30. The molecular formula is C12H23N3S. The summed E-state index contributed by atoms with van der Waals surface area (Å²) in [5.74, 6) is 0.523. The number of nitrogens with zero attached hydrogens (tertiary/aromatic N) is 1. The Kier molecular flexibility index (Phi) is 6.61. The van der Waals surface area contributed by atoms with Crippen LogP contribution in [0.1, 0.15) is 38.1 Å². The Bertz CT molecular complexity index is 261. The van der Waals surface area contributed by atoms with Crippen molar-refractivity contribution in [2.45, 2.75) is 39.2 Å². The van der Waals surface area contributed by atoms with Crippen LogP contribution in [0.4, 0.5) is 0 Å². The summed E-state index contributed by atoms with van der Waals surface area (Å²) in [5.41, 5.74) is 0. The Balaban J connectivity index is 2.07. The number of aromatic nitrogens is 1. The van der Waals surface area contributed by atoms with E-state index in [1.807, 2.05) is 11.6 Å². The molecule has 0 aliphatic heterocycles. The molecule has 0 spiro atoms. The second kappa shape index (κ2) is 7.76. The predicted octanol–water partition coefficient (Wildman–Crippen LogP) is 2.22. The molecule has 0 bridgehead atoms. The van der Waals surface area contributed by atoms with Crippen molar-refractivity contribution in [1.29, 1.82) is 0 Å². The Morgan fingerprint density at radius 3 is 2.88 bits per heavy atom. The summed E-state index contributed by atoms with van der Waals surface area (Å²) >= 11 is 1.74. The first-order chi connectivity index (χ1) is 7.74.